The number of aryl methyl sites for hydroxylation is 1. The Labute approximate surface area is 116 Å². The molecule has 0 aliphatic heterocycles. The number of benzene rings is 1. The average Bonchev–Trinajstić information content (AvgIpc) is 2.30. The van der Waals surface area contributed by atoms with Crippen molar-refractivity contribution in [3.8, 4) is 0 Å². The summed E-state index contributed by atoms with van der Waals surface area (Å²) in [7, 11) is -1.81. The number of hydrogen-bond acceptors (Lipinski definition) is 3. The Morgan fingerprint density at radius 3 is 2.32 bits per heavy atom. The van der Waals surface area contributed by atoms with Crippen molar-refractivity contribution in [3.63, 3.8) is 0 Å². The van der Waals surface area contributed by atoms with Crippen molar-refractivity contribution in [2.45, 2.75) is 45.1 Å². The Morgan fingerprint density at radius 1 is 1.26 bits per heavy atom. The summed E-state index contributed by atoms with van der Waals surface area (Å²) in [4.78, 5) is 0.303. The molecule has 0 heterocycles. The van der Waals surface area contributed by atoms with E-state index in [0.29, 0.717) is 16.5 Å². The standard InChI is InChI=1S/C14H24N2O2S/c1-10(2)8-12(4)16(5)19(17,18)13-6-7-14(15)11(3)9-13/h6-7,9-10,12H,8,15H2,1-5H3. The van der Waals surface area contributed by atoms with E-state index < -0.39 is 10.0 Å². The van der Waals surface area contributed by atoms with Gasteiger partial charge in [-0.15, -0.1) is 0 Å². The van der Waals surface area contributed by atoms with Crippen molar-refractivity contribution in [2.24, 2.45) is 5.92 Å². The van der Waals surface area contributed by atoms with E-state index in [1.807, 2.05) is 13.8 Å². The Morgan fingerprint density at radius 2 is 1.84 bits per heavy atom. The third-order valence-corrected chi connectivity index (χ3v) is 5.32. The van der Waals surface area contributed by atoms with E-state index in [0.717, 1.165) is 12.0 Å². The summed E-state index contributed by atoms with van der Waals surface area (Å²) in [6, 6.07) is 4.81. The van der Waals surface area contributed by atoms with Gasteiger partial charge in [0.15, 0.2) is 0 Å². The van der Waals surface area contributed by atoms with Crippen molar-refractivity contribution in [1.29, 1.82) is 0 Å². The van der Waals surface area contributed by atoms with Gasteiger partial charge in [0.2, 0.25) is 10.0 Å². The van der Waals surface area contributed by atoms with Crippen molar-refractivity contribution in [2.75, 3.05) is 12.8 Å². The van der Waals surface area contributed by atoms with Crippen LogP contribution in [0.2, 0.25) is 0 Å². The number of nitrogen functional groups attached to an aromatic ring is 1. The highest BCUT2D eigenvalue weighted by molar-refractivity contribution is 7.89. The molecule has 108 valence electrons. The van der Waals surface area contributed by atoms with Crippen molar-refractivity contribution < 1.29 is 8.42 Å². The zero-order valence-electron chi connectivity index (χ0n) is 12.3. The highest BCUT2D eigenvalue weighted by atomic mass is 32.2. The summed E-state index contributed by atoms with van der Waals surface area (Å²) in [6.07, 6.45) is 0.837. The lowest BCUT2D eigenvalue weighted by molar-refractivity contribution is 0.338. The number of sulfonamides is 1. The first-order valence-electron chi connectivity index (χ1n) is 6.50. The van der Waals surface area contributed by atoms with Crippen LogP contribution in [0, 0.1) is 12.8 Å². The lowest BCUT2D eigenvalue weighted by atomic mass is 10.1. The molecule has 1 unspecified atom stereocenters. The zero-order chi connectivity index (χ0) is 14.8. The third kappa shape index (κ3) is 3.70. The second-order valence-corrected chi connectivity index (χ2v) is 7.52. The van der Waals surface area contributed by atoms with Gasteiger partial charge in [-0.3, -0.25) is 0 Å². The molecular weight excluding hydrogens is 260 g/mol. The average molecular weight is 284 g/mol. The fourth-order valence-electron chi connectivity index (χ4n) is 2.04. The van der Waals surface area contributed by atoms with Gasteiger partial charge in [-0.1, -0.05) is 13.8 Å². The lowest BCUT2D eigenvalue weighted by Crippen LogP contribution is -2.35. The van der Waals surface area contributed by atoms with Gasteiger partial charge in [0.05, 0.1) is 4.90 Å². The van der Waals surface area contributed by atoms with E-state index >= 15 is 0 Å². The molecule has 1 aromatic carbocycles. The molecule has 0 aromatic heterocycles. The minimum atomic E-state index is -3.45. The van der Waals surface area contributed by atoms with Crippen LogP contribution in [0.3, 0.4) is 0 Å². The fourth-order valence-corrected chi connectivity index (χ4v) is 3.50. The highest BCUT2D eigenvalue weighted by Gasteiger charge is 2.25. The summed E-state index contributed by atoms with van der Waals surface area (Å²) in [5, 5.41) is 0. The Balaban J connectivity index is 3.06. The Kier molecular flexibility index (Phi) is 4.98. The molecule has 0 saturated carbocycles. The van der Waals surface area contributed by atoms with E-state index in [-0.39, 0.29) is 6.04 Å². The molecule has 0 radical (unpaired) electrons. The first-order valence-corrected chi connectivity index (χ1v) is 7.94. The molecule has 0 aliphatic rings. The van der Waals surface area contributed by atoms with Crippen LogP contribution in [0.5, 0.6) is 0 Å². The van der Waals surface area contributed by atoms with Gasteiger partial charge < -0.3 is 5.73 Å². The van der Waals surface area contributed by atoms with Crippen LogP contribution < -0.4 is 5.73 Å². The van der Waals surface area contributed by atoms with Gasteiger partial charge in [0, 0.05) is 18.8 Å². The van der Waals surface area contributed by atoms with Gasteiger partial charge in [-0.2, -0.15) is 4.31 Å². The van der Waals surface area contributed by atoms with Crippen molar-refractivity contribution >= 4 is 15.7 Å². The molecule has 0 amide bonds. The summed E-state index contributed by atoms with van der Waals surface area (Å²) < 4.78 is 26.4. The molecule has 19 heavy (non-hydrogen) atoms. The van der Waals surface area contributed by atoms with Crippen LogP contribution in [0.1, 0.15) is 32.8 Å². The van der Waals surface area contributed by atoms with Crippen molar-refractivity contribution in [1.82, 2.24) is 4.31 Å². The maximum absolute atomic E-state index is 12.5. The molecule has 1 rings (SSSR count). The van der Waals surface area contributed by atoms with Crippen LogP contribution in [-0.2, 0) is 10.0 Å². The summed E-state index contributed by atoms with van der Waals surface area (Å²) in [6.45, 7) is 7.92. The van der Waals surface area contributed by atoms with E-state index in [4.69, 9.17) is 5.73 Å². The molecule has 2 N–H and O–H groups in total. The molecule has 1 atom stereocenters. The predicted octanol–water partition coefficient (Wildman–Crippen LogP) is 2.63. The van der Waals surface area contributed by atoms with Gasteiger partial charge in [0.1, 0.15) is 0 Å². The SMILES string of the molecule is Cc1cc(S(=O)(=O)N(C)C(C)CC(C)C)ccc1N. The molecule has 0 saturated heterocycles. The molecule has 0 spiro atoms. The smallest absolute Gasteiger partial charge is 0.243 e. The van der Waals surface area contributed by atoms with E-state index in [1.54, 1.807) is 25.2 Å². The van der Waals surface area contributed by atoms with Crippen LogP contribution in [-0.4, -0.2) is 25.8 Å². The summed E-state index contributed by atoms with van der Waals surface area (Å²) in [5.74, 6) is 0.459. The summed E-state index contributed by atoms with van der Waals surface area (Å²) >= 11 is 0. The van der Waals surface area contributed by atoms with E-state index in [9.17, 15) is 8.42 Å². The van der Waals surface area contributed by atoms with Crippen molar-refractivity contribution in [3.05, 3.63) is 23.8 Å². The number of rotatable bonds is 5. The van der Waals surface area contributed by atoms with Crippen LogP contribution >= 0.6 is 0 Å². The Bertz CT molecular complexity index is 538. The number of anilines is 1. The lowest BCUT2D eigenvalue weighted by Gasteiger charge is -2.25. The highest BCUT2D eigenvalue weighted by Crippen LogP contribution is 2.22. The molecule has 5 heteroatoms. The summed E-state index contributed by atoms with van der Waals surface area (Å²) in [5.41, 5.74) is 7.12. The fraction of sp³-hybridized carbons (Fsp3) is 0.571. The first-order chi connectivity index (χ1) is 8.66. The third-order valence-electron chi connectivity index (χ3n) is 3.35. The second-order valence-electron chi connectivity index (χ2n) is 5.52. The molecule has 1 aromatic rings. The quantitative estimate of drug-likeness (QED) is 0.845. The molecule has 0 bridgehead atoms. The maximum atomic E-state index is 12.5. The second kappa shape index (κ2) is 5.92. The minimum absolute atomic E-state index is 0.0251. The maximum Gasteiger partial charge on any atom is 0.243 e. The molecular formula is C14H24N2O2S. The number of hydrogen-bond donors (Lipinski definition) is 1. The van der Waals surface area contributed by atoms with Gasteiger partial charge >= 0.3 is 0 Å². The van der Waals surface area contributed by atoms with Crippen LogP contribution in [0.15, 0.2) is 23.1 Å². The van der Waals surface area contributed by atoms with Crippen LogP contribution in [0.4, 0.5) is 5.69 Å². The first kappa shape index (κ1) is 16.0. The molecule has 4 nitrogen and oxygen atoms in total. The number of nitrogens with zero attached hydrogens (tertiary/aromatic N) is 1. The van der Waals surface area contributed by atoms with E-state index in [1.165, 1.54) is 4.31 Å². The Hall–Kier alpha value is -1.07. The van der Waals surface area contributed by atoms with Gasteiger partial charge in [-0.25, -0.2) is 8.42 Å². The van der Waals surface area contributed by atoms with E-state index in [2.05, 4.69) is 13.8 Å². The van der Waals surface area contributed by atoms with Crippen LogP contribution in [0.25, 0.3) is 0 Å². The molecule has 0 fully saturated rings. The number of nitrogens with two attached hydrogens (primary N) is 1. The molecule has 0 aliphatic carbocycles. The monoisotopic (exact) mass is 284 g/mol. The predicted molar refractivity (Wildman–Crippen MR) is 79.5 cm³/mol. The van der Waals surface area contributed by atoms with Gasteiger partial charge in [0.25, 0.3) is 0 Å². The zero-order valence-corrected chi connectivity index (χ0v) is 13.2. The topological polar surface area (TPSA) is 63.4 Å². The normalized spacial score (nSPS) is 14.1. The largest absolute Gasteiger partial charge is 0.399 e. The minimum Gasteiger partial charge on any atom is -0.399 e. The van der Waals surface area contributed by atoms with Gasteiger partial charge in [-0.05, 0) is 49.9 Å².